The summed E-state index contributed by atoms with van der Waals surface area (Å²) in [6.07, 6.45) is 1.29. The fourth-order valence-corrected chi connectivity index (χ4v) is 2.26. The van der Waals surface area contributed by atoms with Gasteiger partial charge in [-0.15, -0.1) is 5.10 Å². The lowest BCUT2D eigenvalue weighted by Crippen LogP contribution is -2.46. The lowest BCUT2D eigenvalue weighted by molar-refractivity contribution is 0.294. The Morgan fingerprint density at radius 1 is 1.36 bits per heavy atom. The molecule has 2 heterocycles. The van der Waals surface area contributed by atoms with Crippen molar-refractivity contribution >= 4 is 5.95 Å². The van der Waals surface area contributed by atoms with Crippen molar-refractivity contribution in [2.24, 2.45) is 11.8 Å². The molecule has 0 aliphatic carbocycles. The van der Waals surface area contributed by atoms with Gasteiger partial charge in [0.15, 0.2) is 0 Å². The molecule has 0 amide bonds. The van der Waals surface area contributed by atoms with Gasteiger partial charge in [0.1, 0.15) is 0 Å². The van der Waals surface area contributed by atoms with Crippen LogP contribution < -0.4 is 4.90 Å². The van der Waals surface area contributed by atoms with Crippen molar-refractivity contribution in [1.29, 1.82) is 0 Å². The summed E-state index contributed by atoms with van der Waals surface area (Å²) in [7, 11) is 0. The molecule has 1 aromatic rings. The molecule has 1 saturated heterocycles. The fourth-order valence-electron chi connectivity index (χ4n) is 2.26. The number of nitrogens with zero attached hydrogens (tertiary/aromatic N) is 4. The number of aromatic nitrogens is 4. The van der Waals surface area contributed by atoms with Crippen LogP contribution in [0.2, 0.25) is 0 Å². The summed E-state index contributed by atoms with van der Waals surface area (Å²) in [5, 5.41) is 14.2. The molecule has 3 unspecified atom stereocenters. The number of hydrogen-bond acceptors (Lipinski definition) is 4. The lowest BCUT2D eigenvalue weighted by atomic mass is 9.86. The number of nitrogens with one attached hydrogen (secondary N) is 1. The van der Waals surface area contributed by atoms with Crippen molar-refractivity contribution in [2.45, 2.75) is 33.2 Å². The predicted octanol–water partition coefficient (Wildman–Crippen LogP) is 1.07. The maximum absolute atomic E-state index is 4.04. The lowest BCUT2D eigenvalue weighted by Gasteiger charge is -2.40. The first-order valence-electron chi connectivity index (χ1n) is 5.18. The van der Waals surface area contributed by atoms with Crippen LogP contribution in [0.1, 0.15) is 27.2 Å². The minimum Gasteiger partial charge on any atom is -0.335 e. The fraction of sp³-hybridized carbons (Fsp3) is 0.889. The second-order valence-corrected chi connectivity index (χ2v) is 4.42. The molecule has 2 rings (SSSR count). The predicted molar refractivity (Wildman–Crippen MR) is 53.9 cm³/mol. The maximum Gasteiger partial charge on any atom is 0.266 e. The van der Waals surface area contributed by atoms with Crippen LogP contribution in [-0.4, -0.2) is 33.2 Å². The summed E-state index contributed by atoms with van der Waals surface area (Å²) in [6, 6.07) is 0.504. The van der Waals surface area contributed by atoms with Gasteiger partial charge in [-0.25, -0.2) is 0 Å². The van der Waals surface area contributed by atoms with E-state index < -0.39 is 0 Å². The van der Waals surface area contributed by atoms with E-state index in [0.29, 0.717) is 17.9 Å². The monoisotopic (exact) mass is 195 g/mol. The minimum absolute atomic E-state index is 0.504. The van der Waals surface area contributed by atoms with Crippen molar-refractivity contribution < 1.29 is 0 Å². The van der Waals surface area contributed by atoms with Crippen LogP contribution in [0, 0.1) is 11.8 Å². The first-order valence-corrected chi connectivity index (χ1v) is 5.18. The quantitative estimate of drug-likeness (QED) is 0.728. The van der Waals surface area contributed by atoms with Gasteiger partial charge in [0, 0.05) is 12.6 Å². The van der Waals surface area contributed by atoms with E-state index in [1.165, 1.54) is 6.42 Å². The van der Waals surface area contributed by atoms with Crippen molar-refractivity contribution in [3.8, 4) is 0 Å². The number of rotatable bonds is 1. The summed E-state index contributed by atoms with van der Waals surface area (Å²) >= 11 is 0. The summed E-state index contributed by atoms with van der Waals surface area (Å²) in [5.41, 5.74) is 0. The van der Waals surface area contributed by atoms with Crippen LogP contribution in [-0.2, 0) is 0 Å². The van der Waals surface area contributed by atoms with E-state index in [4.69, 9.17) is 0 Å². The molecule has 1 aromatic heterocycles. The minimum atomic E-state index is 0.504. The summed E-state index contributed by atoms with van der Waals surface area (Å²) in [5.74, 6) is 2.13. The zero-order valence-corrected chi connectivity index (χ0v) is 8.94. The third-order valence-corrected chi connectivity index (χ3v) is 3.19. The molecule has 1 aliphatic rings. The highest BCUT2D eigenvalue weighted by molar-refractivity contribution is 5.29. The Kier molecular flexibility index (Phi) is 2.39. The molecule has 5 nitrogen and oxygen atoms in total. The third kappa shape index (κ3) is 1.58. The first-order chi connectivity index (χ1) is 6.68. The van der Waals surface area contributed by atoms with E-state index in [1.807, 2.05) is 0 Å². The van der Waals surface area contributed by atoms with E-state index >= 15 is 0 Å². The standard InChI is InChI=1S/C9H17N5/c1-6-4-7(2)8(3)14(5-6)9-10-12-13-11-9/h6-8H,4-5H2,1-3H3,(H,10,11,12,13). The molecule has 0 saturated carbocycles. The number of hydrogen-bond donors (Lipinski definition) is 1. The van der Waals surface area contributed by atoms with E-state index in [-0.39, 0.29) is 0 Å². The second-order valence-electron chi connectivity index (χ2n) is 4.42. The molecule has 3 atom stereocenters. The second kappa shape index (κ2) is 3.55. The number of tetrazole rings is 1. The maximum atomic E-state index is 4.04. The van der Waals surface area contributed by atoms with Crippen molar-refractivity contribution in [3.63, 3.8) is 0 Å². The molecule has 0 bridgehead atoms. The van der Waals surface area contributed by atoms with Crippen LogP contribution >= 0.6 is 0 Å². The van der Waals surface area contributed by atoms with Crippen LogP contribution in [0.5, 0.6) is 0 Å². The summed E-state index contributed by atoms with van der Waals surface area (Å²) in [6.45, 7) is 7.82. The van der Waals surface area contributed by atoms with E-state index in [0.717, 1.165) is 12.5 Å². The van der Waals surface area contributed by atoms with Crippen molar-refractivity contribution in [2.75, 3.05) is 11.4 Å². The van der Waals surface area contributed by atoms with Crippen molar-refractivity contribution in [1.82, 2.24) is 20.6 Å². The molecule has 1 N–H and O–H groups in total. The smallest absolute Gasteiger partial charge is 0.266 e. The molecule has 14 heavy (non-hydrogen) atoms. The number of anilines is 1. The number of aromatic amines is 1. The Bertz CT molecular complexity index is 283. The molecule has 0 radical (unpaired) electrons. The average molecular weight is 195 g/mol. The highest BCUT2D eigenvalue weighted by Crippen LogP contribution is 2.28. The Balaban J connectivity index is 2.17. The summed E-state index contributed by atoms with van der Waals surface area (Å²) < 4.78 is 0. The van der Waals surface area contributed by atoms with Crippen LogP contribution in [0.25, 0.3) is 0 Å². The van der Waals surface area contributed by atoms with Gasteiger partial charge in [0.05, 0.1) is 0 Å². The zero-order valence-electron chi connectivity index (χ0n) is 8.94. The SMILES string of the molecule is CC1CC(C)C(C)N(c2nn[nH]n2)C1. The molecule has 0 aromatic carbocycles. The molecule has 78 valence electrons. The molecule has 5 heteroatoms. The van der Waals surface area contributed by atoms with E-state index in [2.05, 4.69) is 46.3 Å². The number of piperidine rings is 1. The first kappa shape index (κ1) is 9.43. The normalized spacial score (nSPS) is 33.4. The topological polar surface area (TPSA) is 57.7 Å². The van der Waals surface area contributed by atoms with E-state index in [1.54, 1.807) is 0 Å². The Hall–Kier alpha value is -1.13. The highest BCUT2D eigenvalue weighted by atomic mass is 15.5. The largest absolute Gasteiger partial charge is 0.335 e. The van der Waals surface area contributed by atoms with Gasteiger partial charge in [-0.2, -0.15) is 5.21 Å². The molecular weight excluding hydrogens is 178 g/mol. The Labute approximate surface area is 83.9 Å². The van der Waals surface area contributed by atoms with Crippen molar-refractivity contribution in [3.05, 3.63) is 0 Å². The van der Waals surface area contributed by atoms with Gasteiger partial charge in [0.2, 0.25) is 0 Å². The summed E-state index contributed by atoms with van der Waals surface area (Å²) in [4.78, 5) is 2.24. The van der Waals surface area contributed by atoms with E-state index in [9.17, 15) is 0 Å². The highest BCUT2D eigenvalue weighted by Gasteiger charge is 2.30. The van der Waals surface area contributed by atoms with Gasteiger partial charge in [0.25, 0.3) is 5.95 Å². The van der Waals surface area contributed by atoms with Crippen LogP contribution in [0.3, 0.4) is 0 Å². The van der Waals surface area contributed by atoms with Crippen LogP contribution in [0.4, 0.5) is 5.95 Å². The van der Waals surface area contributed by atoms with Gasteiger partial charge in [-0.05, 0) is 30.4 Å². The molecule has 1 fully saturated rings. The number of H-pyrrole nitrogens is 1. The third-order valence-electron chi connectivity index (χ3n) is 3.19. The Morgan fingerprint density at radius 2 is 2.14 bits per heavy atom. The molecule has 1 aliphatic heterocycles. The van der Waals surface area contributed by atoms with Crippen LogP contribution in [0.15, 0.2) is 0 Å². The molecule has 0 spiro atoms. The Morgan fingerprint density at radius 3 is 2.79 bits per heavy atom. The van der Waals surface area contributed by atoms with Gasteiger partial charge >= 0.3 is 0 Å². The van der Waals surface area contributed by atoms with Gasteiger partial charge < -0.3 is 4.90 Å². The average Bonchev–Trinajstić information content (AvgIpc) is 2.63. The zero-order chi connectivity index (χ0) is 10.1. The van der Waals surface area contributed by atoms with Gasteiger partial charge in [-0.3, -0.25) is 0 Å². The molecular formula is C9H17N5. The van der Waals surface area contributed by atoms with Gasteiger partial charge in [-0.1, -0.05) is 18.9 Å².